The largest absolute Gasteiger partial charge is 0.325 e. The van der Waals surface area contributed by atoms with Crippen LogP contribution in [0, 0.1) is 0 Å². The van der Waals surface area contributed by atoms with E-state index in [4.69, 9.17) is 23.2 Å². The van der Waals surface area contributed by atoms with E-state index in [-0.39, 0.29) is 18.5 Å². The third-order valence-corrected chi connectivity index (χ3v) is 3.62. The van der Waals surface area contributed by atoms with E-state index in [1.807, 2.05) is 43.3 Å². The molecule has 1 amide bonds. The molecule has 0 radical (unpaired) electrons. The number of para-hydroxylation sites is 1. The Balaban J connectivity index is 1.89. The van der Waals surface area contributed by atoms with Crippen LogP contribution in [0.25, 0.3) is 0 Å². The molecule has 2 N–H and O–H groups in total. The standard InChI is InChI=1S/C16H16Cl2N2O/c1-11(14-8-7-12(17)9-15(14)18)19-10-16(21)20-13-5-3-2-4-6-13/h2-9,11,19H,10H2,1H3,(H,20,21)/t11-/m1/s1. The number of benzene rings is 2. The fourth-order valence-corrected chi connectivity index (χ4v) is 2.51. The maximum absolute atomic E-state index is 11.9. The van der Waals surface area contributed by atoms with E-state index in [1.165, 1.54) is 0 Å². The highest BCUT2D eigenvalue weighted by Crippen LogP contribution is 2.25. The van der Waals surface area contributed by atoms with Crippen molar-refractivity contribution in [2.75, 3.05) is 11.9 Å². The van der Waals surface area contributed by atoms with Gasteiger partial charge in [0, 0.05) is 21.8 Å². The number of hydrogen-bond donors (Lipinski definition) is 2. The van der Waals surface area contributed by atoms with Gasteiger partial charge in [0.1, 0.15) is 0 Å². The van der Waals surface area contributed by atoms with E-state index in [0.29, 0.717) is 10.0 Å². The third kappa shape index (κ3) is 4.74. The minimum absolute atomic E-state index is 0.0451. The predicted molar refractivity (Wildman–Crippen MR) is 88.0 cm³/mol. The molecule has 0 fully saturated rings. The molecule has 0 aliphatic carbocycles. The van der Waals surface area contributed by atoms with Crippen LogP contribution in [-0.2, 0) is 4.79 Å². The van der Waals surface area contributed by atoms with Gasteiger partial charge in [0.05, 0.1) is 6.54 Å². The average molecular weight is 323 g/mol. The van der Waals surface area contributed by atoms with Crippen molar-refractivity contribution in [2.45, 2.75) is 13.0 Å². The Kier molecular flexibility index (Phi) is 5.62. The quantitative estimate of drug-likeness (QED) is 0.862. The summed E-state index contributed by atoms with van der Waals surface area (Å²) in [6.07, 6.45) is 0. The number of carbonyl (C=O) groups is 1. The summed E-state index contributed by atoms with van der Waals surface area (Å²) in [6, 6.07) is 14.6. The zero-order valence-corrected chi connectivity index (χ0v) is 13.1. The molecule has 0 bridgehead atoms. The molecule has 110 valence electrons. The van der Waals surface area contributed by atoms with Crippen molar-refractivity contribution in [2.24, 2.45) is 0 Å². The minimum atomic E-state index is -0.0989. The summed E-state index contributed by atoms with van der Waals surface area (Å²) < 4.78 is 0. The summed E-state index contributed by atoms with van der Waals surface area (Å²) in [4.78, 5) is 11.9. The Bertz CT molecular complexity index is 617. The molecule has 2 aromatic carbocycles. The molecule has 0 saturated carbocycles. The number of amides is 1. The van der Waals surface area contributed by atoms with Crippen LogP contribution in [0.1, 0.15) is 18.5 Å². The number of nitrogens with one attached hydrogen (secondary N) is 2. The first kappa shape index (κ1) is 15.8. The van der Waals surface area contributed by atoms with Crippen molar-refractivity contribution >= 4 is 34.8 Å². The lowest BCUT2D eigenvalue weighted by atomic mass is 10.1. The molecule has 3 nitrogen and oxygen atoms in total. The van der Waals surface area contributed by atoms with Gasteiger partial charge in [0.2, 0.25) is 5.91 Å². The maximum Gasteiger partial charge on any atom is 0.238 e. The number of anilines is 1. The van der Waals surface area contributed by atoms with Gasteiger partial charge in [-0.2, -0.15) is 0 Å². The van der Waals surface area contributed by atoms with Crippen molar-refractivity contribution < 1.29 is 4.79 Å². The van der Waals surface area contributed by atoms with Crippen molar-refractivity contribution in [1.82, 2.24) is 5.32 Å². The topological polar surface area (TPSA) is 41.1 Å². The van der Waals surface area contributed by atoms with Gasteiger partial charge in [-0.05, 0) is 36.8 Å². The van der Waals surface area contributed by atoms with E-state index in [9.17, 15) is 4.79 Å². The van der Waals surface area contributed by atoms with E-state index in [1.54, 1.807) is 12.1 Å². The SMILES string of the molecule is C[C@@H](NCC(=O)Nc1ccccc1)c1ccc(Cl)cc1Cl. The normalized spacial score (nSPS) is 12.0. The Labute approximate surface area is 134 Å². The van der Waals surface area contributed by atoms with Crippen LogP contribution in [0.3, 0.4) is 0 Å². The number of halogens is 2. The van der Waals surface area contributed by atoms with Gasteiger partial charge in [0.25, 0.3) is 0 Å². The van der Waals surface area contributed by atoms with Gasteiger partial charge in [-0.15, -0.1) is 0 Å². The fourth-order valence-electron chi connectivity index (χ4n) is 1.94. The lowest BCUT2D eigenvalue weighted by Gasteiger charge is -2.15. The third-order valence-electron chi connectivity index (χ3n) is 3.06. The van der Waals surface area contributed by atoms with Gasteiger partial charge in [-0.3, -0.25) is 4.79 Å². The van der Waals surface area contributed by atoms with Gasteiger partial charge >= 0.3 is 0 Å². The Morgan fingerprint density at radius 2 is 1.86 bits per heavy atom. The summed E-state index contributed by atoms with van der Waals surface area (Å²) in [5, 5.41) is 7.14. The first-order chi connectivity index (χ1) is 10.1. The molecule has 0 aliphatic heterocycles. The number of rotatable bonds is 5. The predicted octanol–water partition coefficient (Wildman–Crippen LogP) is 4.28. The second kappa shape index (κ2) is 7.46. The van der Waals surface area contributed by atoms with Crippen molar-refractivity contribution in [3.05, 3.63) is 64.1 Å². The molecule has 0 heterocycles. The summed E-state index contributed by atoms with van der Waals surface area (Å²) >= 11 is 12.0. The van der Waals surface area contributed by atoms with Crippen LogP contribution in [0.2, 0.25) is 10.0 Å². The van der Waals surface area contributed by atoms with E-state index < -0.39 is 0 Å². The van der Waals surface area contributed by atoms with Crippen molar-refractivity contribution in [3.8, 4) is 0 Å². The van der Waals surface area contributed by atoms with Crippen LogP contribution < -0.4 is 10.6 Å². The summed E-state index contributed by atoms with van der Waals surface area (Å²) in [6.45, 7) is 2.15. The molecule has 0 aromatic heterocycles. The summed E-state index contributed by atoms with van der Waals surface area (Å²) in [7, 11) is 0. The zero-order chi connectivity index (χ0) is 15.2. The first-order valence-corrected chi connectivity index (χ1v) is 7.35. The zero-order valence-electron chi connectivity index (χ0n) is 11.6. The first-order valence-electron chi connectivity index (χ1n) is 6.59. The molecule has 0 spiro atoms. The lowest BCUT2D eigenvalue weighted by molar-refractivity contribution is -0.115. The van der Waals surface area contributed by atoms with Crippen LogP contribution in [-0.4, -0.2) is 12.5 Å². The highest BCUT2D eigenvalue weighted by Gasteiger charge is 2.11. The molecule has 21 heavy (non-hydrogen) atoms. The molecule has 2 aromatic rings. The minimum Gasteiger partial charge on any atom is -0.325 e. The van der Waals surface area contributed by atoms with Crippen LogP contribution in [0.5, 0.6) is 0 Å². The second-order valence-electron chi connectivity index (χ2n) is 4.68. The Morgan fingerprint density at radius 1 is 1.14 bits per heavy atom. The molecule has 0 saturated heterocycles. The smallest absolute Gasteiger partial charge is 0.238 e. The summed E-state index contributed by atoms with van der Waals surface area (Å²) in [5.41, 5.74) is 1.69. The van der Waals surface area contributed by atoms with Crippen LogP contribution in [0.4, 0.5) is 5.69 Å². The lowest BCUT2D eigenvalue weighted by Crippen LogP contribution is -2.30. The monoisotopic (exact) mass is 322 g/mol. The van der Waals surface area contributed by atoms with E-state index in [2.05, 4.69) is 10.6 Å². The van der Waals surface area contributed by atoms with Crippen molar-refractivity contribution in [3.63, 3.8) is 0 Å². The highest BCUT2D eigenvalue weighted by molar-refractivity contribution is 6.35. The fraction of sp³-hybridized carbons (Fsp3) is 0.188. The molecular formula is C16H16Cl2N2O. The Hall–Kier alpha value is -1.55. The molecule has 5 heteroatoms. The highest BCUT2D eigenvalue weighted by atomic mass is 35.5. The van der Waals surface area contributed by atoms with E-state index in [0.717, 1.165) is 11.3 Å². The molecule has 0 unspecified atom stereocenters. The average Bonchev–Trinajstić information content (AvgIpc) is 2.46. The molecular weight excluding hydrogens is 307 g/mol. The molecule has 0 aliphatic rings. The van der Waals surface area contributed by atoms with Crippen molar-refractivity contribution in [1.29, 1.82) is 0 Å². The van der Waals surface area contributed by atoms with E-state index >= 15 is 0 Å². The van der Waals surface area contributed by atoms with Gasteiger partial charge in [0.15, 0.2) is 0 Å². The van der Waals surface area contributed by atoms with Gasteiger partial charge < -0.3 is 10.6 Å². The van der Waals surface area contributed by atoms with Crippen LogP contribution in [0.15, 0.2) is 48.5 Å². The van der Waals surface area contributed by atoms with Crippen LogP contribution >= 0.6 is 23.2 Å². The second-order valence-corrected chi connectivity index (χ2v) is 5.53. The number of hydrogen-bond acceptors (Lipinski definition) is 2. The van der Waals surface area contributed by atoms with Gasteiger partial charge in [-0.1, -0.05) is 47.5 Å². The molecule has 1 atom stereocenters. The molecule has 2 rings (SSSR count). The number of carbonyl (C=O) groups excluding carboxylic acids is 1. The maximum atomic E-state index is 11.9. The summed E-state index contributed by atoms with van der Waals surface area (Å²) in [5.74, 6) is -0.0989. The Morgan fingerprint density at radius 3 is 2.52 bits per heavy atom. The van der Waals surface area contributed by atoms with Gasteiger partial charge in [-0.25, -0.2) is 0 Å².